The number of hydrazine groups is 1. The van der Waals surface area contributed by atoms with E-state index in [4.69, 9.17) is 37.4 Å². The molecule has 0 spiro atoms. The van der Waals surface area contributed by atoms with E-state index < -0.39 is 18.0 Å². The molecule has 3 rings (SSSR count). The second-order valence-electron chi connectivity index (χ2n) is 5.44. The predicted octanol–water partition coefficient (Wildman–Crippen LogP) is 3.34. The summed E-state index contributed by atoms with van der Waals surface area (Å²) in [6.45, 7) is 1.68. The summed E-state index contributed by atoms with van der Waals surface area (Å²) in [5.41, 5.74) is 4.77. The molecule has 1 atom stereocenters. The molecule has 1 aliphatic rings. The number of nitrogens with one attached hydrogen (secondary N) is 3. The first-order chi connectivity index (χ1) is 12.9. The van der Waals surface area contributed by atoms with Crippen LogP contribution in [0.3, 0.4) is 0 Å². The highest BCUT2D eigenvalue weighted by Gasteiger charge is 2.19. The average Bonchev–Trinajstić information content (AvgIpc) is 3.11. The lowest BCUT2D eigenvalue weighted by atomic mass is 10.3. The molecule has 1 heterocycles. The third-order valence-electron chi connectivity index (χ3n) is 3.53. The Morgan fingerprint density at radius 3 is 2.70 bits per heavy atom. The van der Waals surface area contributed by atoms with Crippen LogP contribution in [-0.4, -0.2) is 24.8 Å². The van der Waals surface area contributed by atoms with Crippen molar-refractivity contribution in [3.8, 4) is 17.2 Å². The van der Waals surface area contributed by atoms with Gasteiger partial charge in [-0.3, -0.25) is 10.2 Å². The van der Waals surface area contributed by atoms with E-state index in [0.29, 0.717) is 28.0 Å². The van der Waals surface area contributed by atoms with Gasteiger partial charge in [0.2, 0.25) is 6.79 Å². The minimum absolute atomic E-state index is 0.143. The van der Waals surface area contributed by atoms with Gasteiger partial charge >= 0.3 is 6.03 Å². The second kappa shape index (κ2) is 8.24. The SMILES string of the molecule is CC(Oc1ccc2c(c1)OCO2)C(=O)NNC(=O)Nc1cccc(Cl)c1Cl. The molecular formula is C17H15Cl2N3O5. The molecule has 0 saturated carbocycles. The van der Waals surface area contributed by atoms with Crippen molar-refractivity contribution >= 4 is 40.8 Å². The molecule has 142 valence electrons. The van der Waals surface area contributed by atoms with Crippen molar-refractivity contribution in [2.45, 2.75) is 13.0 Å². The molecule has 2 aromatic rings. The van der Waals surface area contributed by atoms with Crippen LogP contribution in [0.4, 0.5) is 10.5 Å². The lowest BCUT2D eigenvalue weighted by molar-refractivity contribution is -0.127. The average molecular weight is 412 g/mol. The van der Waals surface area contributed by atoms with Gasteiger partial charge in [0, 0.05) is 6.07 Å². The first-order valence-electron chi connectivity index (χ1n) is 7.81. The normalized spacial score (nSPS) is 12.9. The van der Waals surface area contributed by atoms with Crippen LogP contribution in [-0.2, 0) is 4.79 Å². The highest BCUT2D eigenvalue weighted by Crippen LogP contribution is 2.35. The fourth-order valence-corrected chi connectivity index (χ4v) is 2.53. The maximum Gasteiger partial charge on any atom is 0.337 e. The number of carbonyl (C=O) groups is 2. The smallest absolute Gasteiger partial charge is 0.337 e. The Kier molecular flexibility index (Phi) is 5.78. The van der Waals surface area contributed by atoms with Crippen molar-refractivity contribution in [1.29, 1.82) is 0 Å². The number of rotatable bonds is 4. The maximum atomic E-state index is 12.1. The maximum absolute atomic E-state index is 12.1. The van der Waals surface area contributed by atoms with E-state index in [1.54, 1.807) is 36.4 Å². The molecular weight excluding hydrogens is 397 g/mol. The summed E-state index contributed by atoms with van der Waals surface area (Å²) >= 11 is 11.9. The minimum atomic E-state index is -0.875. The van der Waals surface area contributed by atoms with Crippen LogP contribution in [0.1, 0.15) is 6.92 Å². The third kappa shape index (κ3) is 4.66. The summed E-state index contributed by atoms with van der Waals surface area (Å²) in [4.78, 5) is 24.0. The molecule has 0 saturated heterocycles. The summed E-state index contributed by atoms with van der Waals surface area (Å²) in [7, 11) is 0. The molecule has 10 heteroatoms. The van der Waals surface area contributed by atoms with Crippen molar-refractivity contribution in [2.24, 2.45) is 0 Å². The van der Waals surface area contributed by atoms with Crippen LogP contribution < -0.4 is 30.4 Å². The summed E-state index contributed by atoms with van der Waals surface area (Å²) in [5.74, 6) is 1.02. The Hall–Kier alpha value is -2.84. The Morgan fingerprint density at radius 2 is 1.89 bits per heavy atom. The highest BCUT2D eigenvalue weighted by atomic mass is 35.5. The van der Waals surface area contributed by atoms with Crippen LogP contribution >= 0.6 is 23.2 Å². The molecule has 27 heavy (non-hydrogen) atoms. The van der Waals surface area contributed by atoms with Crippen molar-refractivity contribution in [3.05, 3.63) is 46.4 Å². The number of anilines is 1. The number of hydrogen-bond donors (Lipinski definition) is 3. The van der Waals surface area contributed by atoms with E-state index in [9.17, 15) is 9.59 Å². The molecule has 8 nitrogen and oxygen atoms in total. The zero-order valence-corrected chi connectivity index (χ0v) is 15.6. The van der Waals surface area contributed by atoms with E-state index in [1.165, 1.54) is 6.92 Å². The van der Waals surface area contributed by atoms with Gasteiger partial charge in [-0.1, -0.05) is 29.3 Å². The standard InChI is InChI=1S/C17H15Cl2N3O5/c1-9(27-10-5-6-13-14(7-10)26-8-25-13)16(23)21-22-17(24)20-12-4-2-3-11(18)15(12)19/h2-7,9H,8H2,1H3,(H,21,23)(H2,20,22,24). The molecule has 0 aromatic heterocycles. The number of amides is 3. The van der Waals surface area contributed by atoms with Crippen molar-refractivity contribution < 1.29 is 23.8 Å². The molecule has 0 bridgehead atoms. The van der Waals surface area contributed by atoms with Crippen LogP contribution in [0, 0.1) is 0 Å². The number of fused-ring (bicyclic) bond motifs is 1. The summed E-state index contributed by atoms with van der Waals surface area (Å²) in [6, 6.07) is 9.05. The first kappa shape index (κ1) is 18.9. The Bertz CT molecular complexity index is 878. The largest absolute Gasteiger partial charge is 0.481 e. The van der Waals surface area contributed by atoms with Gasteiger partial charge in [0.1, 0.15) is 5.75 Å². The van der Waals surface area contributed by atoms with E-state index >= 15 is 0 Å². The van der Waals surface area contributed by atoms with Crippen LogP contribution in [0.25, 0.3) is 0 Å². The van der Waals surface area contributed by atoms with Gasteiger partial charge < -0.3 is 19.5 Å². The number of benzene rings is 2. The van der Waals surface area contributed by atoms with Gasteiger partial charge in [0.25, 0.3) is 5.91 Å². The topological polar surface area (TPSA) is 97.9 Å². The number of ether oxygens (including phenoxy) is 3. The van der Waals surface area contributed by atoms with Crippen molar-refractivity contribution in [2.75, 3.05) is 12.1 Å². The molecule has 2 aromatic carbocycles. The second-order valence-corrected chi connectivity index (χ2v) is 6.23. The number of halogens is 2. The summed E-state index contributed by atoms with van der Waals surface area (Å²) in [6.07, 6.45) is -0.875. The quantitative estimate of drug-likeness (QED) is 0.670. The van der Waals surface area contributed by atoms with Gasteiger partial charge in [-0.2, -0.15) is 0 Å². The van der Waals surface area contributed by atoms with Crippen LogP contribution in [0.2, 0.25) is 10.0 Å². The molecule has 3 N–H and O–H groups in total. The lowest BCUT2D eigenvalue weighted by Crippen LogP contribution is -2.48. The Balaban J connectivity index is 1.49. The monoisotopic (exact) mass is 411 g/mol. The van der Waals surface area contributed by atoms with Crippen molar-refractivity contribution in [3.63, 3.8) is 0 Å². The van der Waals surface area contributed by atoms with E-state index in [0.717, 1.165) is 0 Å². The third-order valence-corrected chi connectivity index (χ3v) is 4.34. The molecule has 0 fully saturated rings. The van der Waals surface area contributed by atoms with E-state index in [1.807, 2.05) is 0 Å². The molecule has 1 unspecified atom stereocenters. The Labute approximate surface area is 164 Å². The number of urea groups is 1. The fourth-order valence-electron chi connectivity index (χ4n) is 2.18. The number of carbonyl (C=O) groups excluding carboxylic acids is 2. The minimum Gasteiger partial charge on any atom is -0.481 e. The predicted molar refractivity (Wildman–Crippen MR) is 99.4 cm³/mol. The van der Waals surface area contributed by atoms with Gasteiger partial charge in [0.05, 0.1) is 15.7 Å². The zero-order chi connectivity index (χ0) is 19.4. The molecule has 0 aliphatic carbocycles. The summed E-state index contributed by atoms with van der Waals surface area (Å²) < 4.78 is 16.0. The first-order valence-corrected chi connectivity index (χ1v) is 8.57. The molecule has 3 amide bonds. The molecule has 1 aliphatic heterocycles. The van der Waals surface area contributed by atoms with Gasteiger partial charge in [-0.25, -0.2) is 10.2 Å². The van der Waals surface area contributed by atoms with Crippen LogP contribution in [0.5, 0.6) is 17.2 Å². The van der Waals surface area contributed by atoms with E-state index in [-0.39, 0.29) is 11.8 Å². The number of hydrogen-bond acceptors (Lipinski definition) is 5. The van der Waals surface area contributed by atoms with Crippen molar-refractivity contribution in [1.82, 2.24) is 10.9 Å². The Morgan fingerprint density at radius 1 is 1.11 bits per heavy atom. The summed E-state index contributed by atoms with van der Waals surface area (Å²) in [5, 5.41) is 2.96. The zero-order valence-electron chi connectivity index (χ0n) is 14.0. The van der Waals surface area contributed by atoms with Gasteiger partial charge in [-0.15, -0.1) is 0 Å². The van der Waals surface area contributed by atoms with E-state index in [2.05, 4.69) is 16.2 Å². The van der Waals surface area contributed by atoms with Crippen LogP contribution in [0.15, 0.2) is 36.4 Å². The van der Waals surface area contributed by atoms with Gasteiger partial charge in [0.15, 0.2) is 17.6 Å². The lowest BCUT2D eigenvalue weighted by Gasteiger charge is -2.16. The van der Waals surface area contributed by atoms with Gasteiger partial charge in [-0.05, 0) is 31.2 Å². The fraction of sp³-hybridized carbons (Fsp3) is 0.176. The highest BCUT2D eigenvalue weighted by molar-refractivity contribution is 6.43. The molecule has 0 radical (unpaired) electrons.